The zero-order chi connectivity index (χ0) is 17.0. The highest BCUT2D eigenvalue weighted by atomic mass is 16.5. The molecule has 6 heteroatoms. The van der Waals surface area contributed by atoms with Gasteiger partial charge in [-0.05, 0) is 30.5 Å². The minimum Gasteiger partial charge on any atom is -0.493 e. The van der Waals surface area contributed by atoms with Gasteiger partial charge in [0.05, 0.1) is 12.7 Å². The van der Waals surface area contributed by atoms with Crippen molar-refractivity contribution in [1.29, 1.82) is 0 Å². The molecule has 134 valence electrons. The summed E-state index contributed by atoms with van der Waals surface area (Å²) in [6, 6.07) is 8.10. The molecule has 0 spiro atoms. The standard InChI is InChI=1S/C18H29N3O3/c1-19-18(21-14-17-8-4-10-24-17)20-13-15-6-3-7-16(12-15)23-11-5-9-22-2/h3,6-7,12,17H,4-5,8-11,13-14H2,1-2H3,(H2,19,20,21). The summed E-state index contributed by atoms with van der Waals surface area (Å²) in [6.07, 6.45) is 3.45. The minimum absolute atomic E-state index is 0.298. The lowest BCUT2D eigenvalue weighted by molar-refractivity contribution is 0.114. The molecule has 0 amide bonds. The predicted molar refractivity (Wildman–Crippen MR) is 95.6 cm³/mol. The number of guanidine groups is 1. The summed E-state index contributed by atoms with van der Waals surface area (Å²) in [4.78, 5) is 4.25. The van der Waals surface area contributed by atoms with Crippen molar-refractivity contribution in [1.82, 2.24) is 10.6 Å². The van der Waals surface area contributed by atoms with Crippen LogP contribution < -0.4 is 15.4 Å². The summed E-state index contributed by atoms with van der Waals surface area (Å²) < 4.78 is 16.4. The average Bonchev–Trinajstić information content (AvgIpc) is 3.13. The number of hydrogen-bond acceptors (Lipinski definition) is 4. The van der Waals surface area contributed by atoms with Crippen LogP contribution in [0.3, 0.4) is 0 Å². The molecule has 24 heavy (non-hydrogen) atoms. The maximum Gasteiger partial charge on any atom is 0.191 e. The second-order valence-electron chi connectivity index (χ2n) is 5.78. The Labute approximate surface area is 144 Å². The molecule has 1 unspecified atom stereocenters. The number of ether oxygens (including phenoxy) is 3. The van der Waals surface area contributed by atoms with E-state index in [2.05, 4.69) is 21.7 Å². The number of nitrogens with zero attached hydrogens (tertiary/aromatic N) is 1. The van der Waals surface area contributed by atoms with Crippen LogP contribution >= 0.6 is 0 Å². The van der Waals surface area contributed by atoms with Gasteiger partial charge in [0.1, 0.15) is 5.75 Å². The topological polar surface area (TPSA) is 64.1 Å². The second kappa shape index (κ2) is 10.9. The van der Waals surface area contributed by atoms with E-state index in [1.165, 1.54) is 0 Å². The van der Waals surface area contributed by atoms with Gasteiger partial charge in [0, 0.05) is 46.9 Å². The zero-order valence-electron chi connectivity index (χ0n) is 14.7. The third kappa shape index (κ3) is 6.76. The van der Waals surface area contributed by atoms with Gasteiger partial charge in [-0.25, -0.2) is 0 Å². The number of aliphatic imine (C=N–C) groups is 1. The largest absolute Gasteiger partial charge is 0.493 e. The molecule has 1 aliphatic heterocycles. The molecular formula is C18H29N3O3. The first-order valence-corrected chi connectivity index (χ1v) is 8.58. The van der Waals surface area contributed by atoms with Gasteiger partial charge in [-0.3, -0.25) is 4.99 Å². The molecule has 1 fully saturated rings. The summed E-state index contributed by atoms with van der Waals surface area (Å²) in [5, 5.41) is 6.63. The van der Waals surface area contributed by atoms with E-state index in [1.54, 1.807) is 14.2 Å². The summed E-state index contributed by atoms with van der Waals surface area (Å²) in [5.41, 5.74) is 1.15. The zero-order valence-corrected chi connectivity index (χ0v) is 14.7. The van der Waals surface area contributed by atoms with Crippen LogP contribution in [0.15, 0.2) is 29.3 Å². The van der Waals surface area contributed by atoms with E-state index in [0.717, 1.165) is 49.7 Å². The van der Waals surface area contributed by atoms with Crippen molar-refractivity contribution in [3.63, 3.8) is 0 Å². The molecule has 2 rings (SSSR count). The molecule has 0 saturated carbocycles. The summed E-state index contributed by atoms with van der Waals surface area (Å²) in [5.74, 6) is 1.67. The number of rotatable bonds is 9. The highest BCUT2D eigenvalue weighted by Gasteiger charge is 2.15. The fourth-order valence-electron chi connectivity index (χ4n) is 2.56. The van der Waals surface area contributed by atoms with Crippen molar-refractivity contribution in [3.05, 3.63) is 29.8 Å². The van der Waals surface area contributed by atoms with Crippen molar-refractivity contribution < 1.29 is 14.2 Å². The first-order valence-electron chi connectivity index (χ1n) is 8.58. The fraction of sp³-hybridized carbons (Fsp3) is 0.611. The number of benzene rings is 1. The van der Waals surface area contributed by atoms with Gasteiger partial charge in [0.25, 0.3) is 0 Å². The molecule has 1 aromatic carbocycles. The van der Waals surface area contributed by atoms with Gasteiger partial charge in [0.15, 0.2) is 5.96 Å². The monoisotopic (exact) mass is 335 g/mol. The van der Waals surface area contributed by atoms with Gasteiger partial charge >= 0.3 is 0 Å². The van der Waals surface area contributed by atoms with Gasteiger partial charge < -0.3 is 24.8 Å². The average molecular weight is 335 g/mol. The van der Waals surface area contributed by atoms with Gasteiger partial charge in [0.2, 0.25) is 0 Å². The molecular weight excluding hydrogens is 306 g/mol. The summed E-state index contributed by atoms with van der Waals surface area (Å²) >= 11 is 0. The molecule has 2 N–H and O–H groups in total. The van der Waals surface area contributed by atoms with Gasteiger partial charge in [-0.1, -0.05) is 12.1 Å². The Morgan fingerprint density at radius 1 is 1.33 bits per heavy atom. The van der Waals surface area contributed by atoms with E-state index < -0.39 is 0 Å². The Hall–Kier alpha value is -1.79. The molecule has 1 aromatic rings. The normalized spacial score (nSPS) is 17.8. The molecule has 0 aromatic heterocycles. The highest BCUT2D eigenvalue weighted by Crippen LogP contribution is 2.13. The molecule has 1 aliphatic rings. The quantitative estimate of drug-likeness (QED) is 0.410. The highest BCUT2D eigenvalue weighted by molar-refractivity contribution is 5.79. The molecule has 6 nitrogen and oxygen atoms in total. The van der Waals surface area contributed by atoms with Crippen LogP contribution in [0.1, 0.15) is 24.8 Å². The van der Waals surface area contributed by atoms with Crippen LogP contribution in [0, 0.1) is 0 Å². The van der Waals surface area contributed by atoms with Crippen LogP contribution in [0.4, 0.5) is 0 Å². The number of methoxy groups -OCH3 is 1. The van der Waals surface area contributed by atoms with Crippen LogP contribution in [0.25, 0.3) is 0 Å². The number of nitrogens with one attached hydrogen (secondary N) is 2. The van der Waals surface area contributed by atoms with E-state index in [-0.39, 0.29) is 0 Å². The van der Waals surface area contributed by atoms with Crippen molar-refractivity contribution in [2.24, 2.45) is 4.99 Å². The molecule has 1 atom stereocenters. The molecule has 0 bridgehead atoms. The molecule has 1 saturated heterocycles. The first kappa shape index (κ1) is 18.5. The second-order valence-corrected chi connectivity index (χ2v) is 5.78. The summed E-state index contributed by atoms with van der Waals surface area (Å²) in [7, 11) is 3.48. The Morgan fingerprint density at radius 2 is 2.25 bits per heavy atom. The van der Waals surface area contributed by atoms with E-state index in [4.69, 9.17) is 14.2 Å². The maximum absolute atomic E-state index is 5.73. The van der Waals surface area contributed by atoms with Crippen molar-refractivity contribution in [3.8, 4) is 5.75 Å². The smallest absolute Gasteiger partial charge is 0.191 e. The number of hydrogen-bond donors (Lipinski definition) is 2. The van der Waals surface area contributed by atoms with Crippen molar-refractivity contribution >= 4 is 5.96 Å². The SMILES string of the molecule is CN=C(NCc1cccc(OCCCOC)c1)NCC1CCCO1. The van der Waals surface area contributed by atoms with Crippen molar-refractivity contribution in [2.75, 3.05) is 40.5 Å². The Balaban J connectivity index is 1.73. The van der Waals surface area contributed by atoms with Crippen LogP contribution in [0.2, 0.25) is 0 Å². The molecule has 1 heterocycles. The minimum atomic E-state index is 0.298. The third-order valence-electron chi connectivity index (χ3n) is 3.86. The lowest BCUT2D eigenvalue weighted by Crippen LogP contribution is -2.40. The Kier molecular flexibility index (Phi) is 8.41. The molecule has 0 aliphatic carbocycles. The van der Waals surface area contributed by atoms with E-state index in [1.807, 2.05) is 18.2 Å². The lowest BCUT2D eigenvalue weighted by atomic mass is 10.2. The van der Waals surface area contributed by atoms with E-state index in [0.29, 0.717) is 25.9 Å². The third-order valence-corrected chi connectivity index (χ3v) is 3.86. The van der Waals surface area contributed by atoms with Gasteiger partial charge in [-0.2, -0.15) is 0 Å². The molecule has 0 radical (unpaired) electrons. The fourth-order valence-corrected chi connectivity index (χ4v) is 2.56. The van der Waals surface area contributed by atoms with E-state index in [9.17, 15) is 0 Å². The predicted octanol–water partition coefficient (Wildman–Crippen LogP) is 1.95. The van der Waals surface area contributed by atoms with Crippen molar-refractivity contribution in [2.45, 2.75) is 31.9 Å². The van der Waals surface area contributed by atoms with Crippen LogP contribution in [-0.2, 0) is 16.0 Å². The lowest BCUT2D eigenvalue weighted by Gasteiger charge is -2.15. The summed E-state index contributed by atoms with van der Waals surface area (Å²) in [6.45, 7) is 3.74. The first-order chi connectivity index (χ1) is 11.8. The Morgan fingerprint density at radius 3 is 3.00 bits per heavy atom. The maximum atomic E-state index is 5.73. The van der Waals surface area contributed by atoms with Crippen LogP contribution in [-0.4, -0.2) is 52.6 Å². The van der Waals surface area contributed by atoms with Crippen LogP contribution in [0.5, 0.6) is 5.75 Å². The van der Waals surface area contributed by atoms with Gasteiger partial charge in [-0.15, -0.1) is 0 Å². The van der Waals surface area contributed by atoms with E-state index >= 15 is 0 Å². The Bertz CT molecular complexity index is 502.